The molecular weight excluding hydrogens is 348 g/mol. The summed E-state index contributed by atoms with van der Waals surface area (Å²) in [6.45, 7) is 0. The van der Waals surface area contributed by atoms with Crippen LogP contribution in [-0.4, -0.2) is 31.8 Å². The van der Waals surface area contributed by atoms with Crippen molar-refractivity contribution in [1.29, 1.82) is 0 Å². The highest BCUT2D eigenvalue weighted by molar-refractivity contribution is 7.92. The number of oxazole rings is 1. The van der Waals surface area contributed by atoms with Crippen molar-refractivity contribution in [2.24, 2.45) is 0 Å². The second-order valence-electron chi connectivity index (χ2n) is 5.90. The summed E-state index contributed by atoms with van der Waals surface area (Å²) >= 11 is -1.21. The van der Waals surface area contributed by atoms with Gasteiger partial charge < -0.3 is 8.97 Å². The summed E-state index contributed by atoms with van der Waals surface area (Å²) < 4.78 is 17.6. The summed E-state index contributed by atoms with van der Waals surface area (Å²) in [6.07, 6.45) is 5.84. The number of ketones is 1. The summed E-state index contributed by atoms with van der Waals surface area (Å²) in [7, 11) is 0. The zero-order chi connectivity index (χ0) is 18.2. The van der Waals surface area contributed by atoms with Gasteiger partial charge in [0.2, 0.25) is 0 Å². The first-order valence-corrected chi connectivity index (χ1v) is 10.0. The van der Waals surface area contributed by atoms with Gasteiger partial charge in [0.25, 0.3) is 11.7 Å². The van der Waals surface area contributed by atoms with Crippen molar-refractivity contribution in [1.82, 2.24) is 9.97 Å². The fraction of sp³-hybridized carbons (Fsp3) is 0.250. The number of carbonyl (C=O) groups is 1. The first-order valence-electron chi connectivity index (χ1n) is 8.52. The molecule has 134 valence electrons. The van der Waals surface area contributed by atoms with E-state index in [1.54, 1.807) is 18.3 Å². The Balaban J connectivity index is 1.43. The van der Waals surface area contributed by atoms with Crippen LogP contribution in [0.4, 0.5) is 0 Å². The van der Waals surface area contributed by atoms with Crippen LogP contribution < -0.4 is 0 Å². The van der Waals surface area contributed by atoms with Crippen LogP contribution in [0.3, 0.4) is 0 Å². The number of rotatable bonds is 9. The van der Waals surface area contributed by atoms with E-state index in [1.165, 1.54) is 11.8 Å². The quantitative estimate of drug-likeness (QED) is 0.327. The largest absolute Gasteiger partial charge is 0.616 e. The van der Waals surface area contributed by atoms with Gasteiger partial charge in [-0.25, -0.2) is 4.98 Å². The van der Waals surface area contributed by atoms with Crippen molar-refractivity contribution in [3.05, 3.63) is 72.4 Å². The standard InChI is InChI=1S/C20H20N2O3S/c23-18(20-22-14-19(25-20)17-11-4-6-12-21-17)15-26(24)13-7-5-10-16-8-2-1-3-9-16/h1-4,6,8-9,11-12,14H,5,7,10,13,15H2. The van der Waals surface area contributed by atoms with Crippen LogP contribution in [-0.2, 0) is 17.6 Å². The molecule has 1 atom stereocenters. The van der Waals surface area contributed by atoms with Gasteiger partial charge in [0, 0.05) is 6.20 Å². The predicted molar refractivity (Wildman–Crippen MR) is 101 cm³/mol. The minimum Gasteiger partial charge on any atom is -0.616 e. The molecule has 1 unspecified atom stereocenters. The van der Waals surface area contributed by atoms with Gasteiger partial charge in [0.05, 0.1) is 6.20 Å². The van der Waals surface area contributed by atoms with Gasteiger partial charge in [-0.2, -0.15) is 0 Å². The number of unbranched alkanes of at least 4 members (excludes halogenated alkanes) is 1. The molecule has 3 aromatic rings. The summed E-state index contributed by atoms with van der Waals surface area (Å²) in [5.41, 5.74) is 1.89. The maximum atomic E-state index is 12.2. The Morgan fingerprint density at radius 1 is 1.04 bits per heavy atom. The molecule has 0 saturated heterocycles. The molecule has 0 amide bonds. The molecule has 0 aliphatic heterocycles. The van der Waals surface area contributed by atoms with Crippen molar-refractivity contribution < 1.29 is 13.8 Å². The first-order chi connectivity index (χ1) is 12.7. The van der Waals surface area contributed by atoms with Gasteiger partial charge in [0.15, 0.2) is 11.5 Å². The Kier molecular flexibility index (Phi) is 6.57. The summed E-state index contributed by atoms with van der Waals surface area (Å²) in [5, 5.41) is 0. The summed E-state index contributed by atoms with van der Waals surface area (Å²) in [4.78, 5) is 20.3. The Morgan fingerprint density at radius 2 is 1.85 bits per heavy atom. The van der Waals surface area contributed by atoms with Crippen LogP contribution in [0.5, 0.6) is 0 Å². The molecule has 5 nitrogen and oxygen atoms in total. The maximum Gasteiger partial charge on any atom is 0.268 e. The Bertz CT molecular complexity index is 821. The number of Topliss-reactive ketones (excluding diaryl/α,β-unsaturated/α-hetero) is 1. The normalized spacial score (nSPS) is 12.0. The molecule has 0 bridgehead atoms. The van der Waals surface area contributed by atoms with Gasteiger partial charge in [0.1, 0.15) is 11.4 Å². The van der Waals surface area contributed by atoms with Crippen LogP contribution in [0.2, 0.25) is 0 Å². The minimum atomic E-state index is -1.21. The highest BCUT2D eigenvalue weighted by Crippen LogP contribution is 2.18. The van der Waals surface area contributed by atoms with E-state index in [0.29, 0.717) is 17.2 Å². The average Bonchev–Trinajstić information content (AvgIpc) is 3.17. The smallest absolute Gasteiger partial charge is 0.268 e. The molecule has 0 aliphatic carbocycles. The van der Waals surface area contributed by atoms with Crippen LogP contribution in [0.15, 0.2) is 65.3 Å². The Labute approximate surface area is 155 Å². The van der Waals surface area contributed by atoms with Gasteiger partial charge in [-0.05, 0) is 48.1 Å². The van der Waals surface area contributed by atoms with Crippen molar-refractivity contribution in [2.75, 3.05) is 11.5 Å². The number of aromatic nitrogens is 2. The number of aryl methyl sites for hydroxylation is 1. The number of hydrogen-bond acceptors (Lipinski definition) is 5. The van der Waals surface area contributed by atoms with E-state index in [1.807, 2.05) is 24.3 Å². The fourth-order valence-electron chi connectivity index (χ4n) is 2.55. The number of nitrogens with zero attached hydrogens (tertiary/aromatic N) is 2. The molecule has 0 N–H and O–H groups in total. The average molecular weight is 368 g/mol. The van der Waals surface area contributed by atoms with Gasteiger partial charge in [-0.3, -0.25) is 9.78 Å². The lowest BCUT2D eigenvalue weighted by molar-refractivity contribution is 0.0984. The van der Waals surface area contributed by atoms with E-state index >= 15 is 0 Å². The maximum absolute atomic E-state index is 12.2. The molecular formula is C20H20N2O3S. The lowest BCUT2D eigenvalue weighted by Gasteiger charge is -2.09. The molecule has 0 spiro atoms. The summed E-state index contributed by atoms with van der Waals surface area (Å²) in [6, 6.07) is 15.6. The third-order valence-electron chi connectivity index (χ3n) is 3.88. The second-order valence-corrected chi connectivity index (χ2v) is 7.48. The number of hydrogen-bond donors (Lipinski definition) is 0. The lowest BCUT2D eigenvalue weighted by atomic mass is 10.1. The van der Waals surface area contributed by atoms with E-state index in [4.69, 9.17) is 4.42 Å². The second kappa shape index (κ2) is 9.31. The molecule has 0 aliphatic rings. The molecule has 6 heteroatoms. The van der Waals surface area contributed by atoms with Crippen LogP contribution in [0.1, 0.15) is 29.1 Å². The SMILES string of the molecule is O=C(C[S+]([O-])CCCCc1ccccc1)c1ncc(-c2ccccn2)o1. The third kappa shape index (κ3) is 5.28. The topological polar surface area (TPSA) is 79.0 Å². The van der Waals surface area contributed by atoms with E-state index in [0.717, 1.165) is 19.3 Å². The van der Waals surface area contributed by atoms with Crippen molar-refractivity contribution in [3.8, 4) is 11.5 Å². The molecule has 2 heterocycles. The van der Waals surface area contributed by atoms with Crippen molar-refractivity contribution >= 4 is 17.0 Å². The minimum absolute atomic E-state index is 0.0108. The highest BCUT2D eigenvalue weighted by atomic mass is 32.2. The van der Waals surface area contributed by atoms with Crippen LogP contribution in [0, 0.1) is 0 Å². The van der Waals surface area contributed by atoms with E-state index < -0.39 is 11.2 Å². The van der Waals surface area contributed by atoms with Gasteiger partial charge in [-0.1, -0.05) is 36.4 Å². The summed E-state index contributed by atoms with van der Waals surface area (Å²) in [5.74, 6) is 0.527. The molecule has 0 saturated carbocycles. The lowest BCUT2D eigenvalue weighted by Crippen LogP contribution is -2.19. The monoisotopic (exact) mass is 368 g/mol. The Morgan fingerprint density at radius 3 is 2.62 bits per heavy atom. The first kappa shape index (κ1) is 18.4. The fourth-order valence-corrected chi connectivity index (χ4v) is 3.63. The molecule has 0 radical (unpaired) electrons. The molecule has 2 aromatic heterocycles. The number of carbonyl (C=O) groups excluding carboxylic acids is 1. The zero-order valence-corrected chi connectivity index (χ0v) is 15.2. The van der Waals surface area contributed by atoms with E-state index in [2.05, 4.69) is 22.1 Å². The predicted octanol–water partition coefficient (Wildman–Crippen LogP) is 3.69. The molecule has 26 heavy (non-hydrogen) atoms. The molecule has 1 aromatic carbocycles. The van der Waals surface area contributed by atoms with Crippen LogP contribution in [0.25, 0.3) is 11.5 Å². The number of pyridine rings is 1. The van der Waals surface area contributed by atoms with Crippen LogP contribution >= 0.6 is 0 Å². The van der Waals surface area contributed by atoms with Crippen molar-refractivity contribution in [3.63, 3.8) is 0 Å². The van der Waals surface area contributed by atoms with Gasteiger partial charge >= 0.3 is 0 Å². The zero-order valence-electron chi connectivity index (χ0n) is 14.3. The van der Waals surface area contributed by atoms with Gasteiger partial charge in [-0.15, -0.1) is 0 Å². The highest BCUT2D eigenvalue weighted by Gasteiger charge is 2.20. The third-order valence-corrected chi connectivity index (χ3v) is 5.21. The van der Waals surface area contributed by atoms with Crippen molar-refractivity contribution in [2.45, 2.75) is 19.3 Å². The van der Waals surface area contributed by atoms with E-state index in [-0.39, 0.29) is 17.4 Å². The molecule has 3 rings (SSSR count). The Hall–Kier alpha value is -2.44. The van der Waals surface area contributed by atoms with E-state index in [9.17, 15) is 9.35 Å². The molecule has 0 fully saturated rings. The number of benzene rings is 1.